The first-order valence-corrected chi connectivity index (χ1v) is 11.5. The van der Waals surface area contributed by atoms with Gasteiger partial charge in [0.1, 0.15) is 5.69 Å². The summed E-state index contributed by atoms with van der Waals surface area (Å²) in [6.45, 7) is 0. The number of benzene rings is 1. The van der Waals surface area contributed by atoms with Gasteiger partial charge >= 0.3 is 5.97 Å². The number of aromatic nitrogens is 2. The van der Waals surface area contributed by atoms with E-state index in [4.69, 9.17) is 9.84 Å². The van der Waals surface area contributed by atoms with Gasteiger partial charge < -0.3 is 10.1 Å². The van der Waals surface area contributed by atoms with E-state index in [1.165, 1.54) is 18.4 Å². The van der Waals surface area contributed by atoms with E-state index in [0.717, 1.165) is 33.6 Å². The second kappa shape index (κ2) is 9.14. The van der Waals surface area contributed by atoms with Crippen molar-refractivity contribution in [1.29, 1.82) is 0 Å². The number of methoxy groups -OCH3 is 1. The predicted molar refractivity (Wildman–Crippen MR) is 120 cm³/mol. The molecule has 2 heterocycles. The highest BCUT2D eigenvalue weighted by molar-refractivity contribution is 9.11. The molecule has 1 fully saturated rings. The highest BCUT2D eigenvalue weighted by atomic mass is 79.9. The Morgan fingerprint density at radius 3 is 2.70 bits per heavy atom. The summed E-state index contributed by atoms with van der Waals surface area (Å²) in [7, 11) is 1.41. The molecule has 0 bridgehead atoms. The Hall–Kier alpha value is -2.45. The summed E-state index contributed by atoms with van der Waals surface area (Å²) in [6, 6.07) is 13.6. The number of esters is 1. The third kappa shape index (κ3) is 4.49. The van der Waals surface area contributed by atoms with E-state index in [9.17, 15) is 9.59 Å². The number of halogens is 1. The van der Waals surface area contributed by atoms with Gasteiger partial charge in [-0.3, -0.25) is 9.59 Å². The molecule has 3 aromatic rings. The second-order valence-electron chi connectivity index (χ2n) is 7.33. The van der Waals surface area contributed by atoms with Crippen LogP contribution in [0.3, 0.4) is 0 Å². The highest BCUT2D eigenvalue weighted by Gasteiger charge is 2.30. The molecule has 1 amide bonds. The van der Waals surface area contributed by atoms with Crippen LogP contribution in [0.15, 0.2) is 52.4 Å². The molecule has 4 rings (SSSR count). The Morgan fingerprint density at radius 2 is 2.00 bits per heavy atom. The van der Waals surface area contributed by atoms with E-state index in [-0.39, 0.29) is 23.8 Å². The first-order chi connectivity index (χ1) is 14.5. The van der Waals surface area contributed by atoms with Gasteiger partial charge in [0.2, 0.25) is 0 Å². The lowest BCUT2D eigenvalue weighted by molar-refractivity contribution is -0.146. The zero-order chi connectivity index (χ0) is 21.1. The Morgan fingerprint density at radius 1 is 1.20 bits per heavy atom. The minimum absolute atomic E-state index is 0.0571. The molecule has 1 aromatic carbocycles. The average Bonchev–Trinajstić information content (AvgIpc) is 3.40. The highest BCUT2D eigenvalue weighted by Crippen LogP contribution is 2.33. The summed E-state index contributed by atoms with van der Waals surface area (Å²) in [5.41, 5.74) is 2.05. The Balaban J connectivity index is 1.61. The quantitative estimate of drug-likeness (QED) is 0.523. The summed E-state index contributed by atoms with van der Waals surface area (Å²) in [4.78, 5) is 26.0. The molecule has 30 heavy (non-hydrogen) atoms. The molecule has 1 N–H and O–H groups in total. The van der Waals surface area contributed by atoms with Crippen LogP contribution in [0.2, 0.25) is 0 Å². The zero-order valence-electron chi connectivity index (χ0n) is 16.5. The number of carbonyl (C=O) groups is 2. The van der Waals surface area contributed by atoms with Gasteiger partial charge in [0, 0.05) is 12.2 Å². The molecule has 0 radical (unpaired) electrons. The normalized spacial score (nSPS) is 18.7. The van der Waals surface area contributed by atoms with E-state index in [0.29, 0.717) is 17.7 Å². The number of hydrogen-bond donors (Lipinski definition) is 1. The van der Waals surface area contributed by atoms with Crippen molar-refractivity contribution in [2.75, 3.05) is 7.11 Å². The Kier molecular flexibility index (Phi) is 6.34. The van der Waals surface area contributed by atoms with Crippen molar-refractivity contribution in [2.45, 2.75) is 31.7 Å². The van der Waals surface area contributed by atoms with Crippen LogP contribution in [0, 0.1) is 5.92 Å². The predicted octanol–water partition coefficient (Wildman–Crippen LogP) is 4.82. The SMILES string of the molecule is COC(=O)[C@H]1CCC[C@@H](NC(=O)c2cn(-c3ccccc3)nc2-c2ccc(Br)s2)C1. The topological polar surface area (TPSA) is 73.2 Å². The van der Waals surface area contributed by atoms with Crippen LogP contribution >= 0.6 is 27.3 Å². The monoisotopic (exact) mass is 487 g/mol. The van der Waals surface area contributed by atoms with Crippen LogP contribution < -0.4 is 5.32 Å². The molecule has 0 saturated heterocycles. The van der Waals surface area contributed by atoms with Crippen LogP contribution in [0.1, 0.15) is 36.0 Å². The minimum atomic E-state index is -0.199. The fourth-order valence-corrected chi connectivity index (χ4v) is 5.23. The van der Waals surface area contributed by atoms with Gasteiger partial charge in [-0.25, -0.2) is 4.68 Å². The molecule has 2 atom stereocenters. The van der Waals surface area contributed by atoms with Crippen LogP contribution in [0.5, 0.6) is 0 Å². The van der Waals surface area contributed by atoms with Gasteiger partial charge in [0.05, 0.1) is 32.9 Å². The third-order valence-corrected chi connectivity index (χ3v) is 6.96. The fourth-order valence-electron chi connectivity index (χ4n) is 3.84. The van der Waals surface area contributed by atoms with E-state index < -0.39 is 0 Å². The number of hydrogen-bond acceptors (Lipinski definition) is 5. The first-order valence-electron chi connectivity index (χ1n) is 9.84. The number of nitrogens with one attached hydrogen (secondary N) is 1. The molecule has 0 aliphatic heterocycles. The first kappa shape index (κ1) is 20.8. The number of nitrogens with zero attached hydrogens (tertiary/aromatic N) is 2. The van der Waals surface area contributed by atoms with E-state index in [1.807, 2.05) is 42.5 Å². The summed E-state index contributed by atoms with van der Waals surface area (Å²) >= 11 is 5.02. The maximum atomic E-state index is 13.2. The summed E-state index contributed by atoms with van der Waals surface area (Å²) in [5, 5.41) is 7.82. The fraction of sp³-hybridized carbons (Fsp3) is 0.318. The number of rotatable bonds is 5. The lowest BCUT2D eigenvalue weighted by Crippen LogP contribution is -2.40. The molecule has 1 aliphatic rings. The van der Waals surface area contributed by atoms with Crippen LogP contribution in [-0.4, -0.2) is 34.8 Å². The Bertz CT molecular complexity index is 1050. The van der Waals surface area contributed by atoms with Crippen molar-refractivity contribution >= 4 is 39.1 Å². The molecule has 1 saturated carbocycles. The molecule has 6 nitrogen and oxygen atoms in total. The smallest absolute Gasteiger partial charge is 0.308 e. The maximum Gasteiger partial charge on any atom is 0.308 e. The maximum absolute atomic E-state index is 13.2. The van der Waals surface area contributed by atoms with Gasteiger partial charge in [-0.2, -0.15) is 5.10 Å². The molecular weight excluding hydrogens is 466 g/mol. The molecule has 1 aliphatic carbocycles. The van der Waals surface area contributed by atoms with Crippen LogP contribution in [0.25, 0.3) is 16.3 Å². The second-order valence-corrected chi connectivity index (χ2v) is 9.80. The van der Waals surface area contributed by atoms with Crippen LogP contribution in [0.4, 0.5) is 0 Å². The van der Waals surface area contributed by atoms with Crippen molar-refractivity contribution in [3.05, 3.63) is 58.0 Å². The number of thiophene rings is 1. The molecular formula is C22H22BrN3O3S. The molecule has 0 unspecified atom stereocenters. The molecule has 156 valence electrons. The van der Waals surface area contributed by atoms with Crippen molar-refractivity contribution in [3.8, 4) is 16.3 Å². The lowest BCUT2D eigenvalue weighted by Gasteiger charge is -2.28. The largest absolute Gasteiger partial charge is 0.469 e. The number of para-hydroxylation sites is 1. The zero-order valence-corrected chi connectivity index (χ0v) is 18.9. The van der Waals surface area contributed by atoms with Crippen molar-refractivity contribution in [1.82, 2.24) is 15.1 Å². The standard InChI is InChI=1S/C22H22BrN3O3S/c1-29-22(28)14-6-5-7-15(12-14)24-21(27)17-13-26(16-8-3-2-4-9-16)25-20(17)18-10-11-19(23)30-18/h2-4,8-11,13-15H,5-7,12H2,1H3,(H,24,27)/t14-,15+/m0/s1. The summed E-state index contributed by atoms with van der Waals surface area (Å²) in [5.74, 6) is -0.531. The molecule has 2 aromatic heterocycles. The van der Waals surface area contributed by atoms with Crippen molar-refractivity contribution < 1.29 is 14.3 Å². The van der Waals surface area contributed by atoms with E-state index in [1.54, 1.807) is 10.9 Å². The van der Waals surface area contributed by atoms with E-state index in [2.05, 4.69) is 21.2 Å². The van der Waals surface area contributed by atoms with Crippen LogP contribution in [-0.2, 0) is 9.53 Å². The number of ether oxygens (including phenoxy) is 1. The van der Waals surface area contributed by atoms with E-state index >= 15 is 0 Å². The Labute approximate surface area is 187 Å². The van der Waals surface area contributed by atoms with Crippen molar-refractivity contribution in [2.24, 2.45) is 5.92 Å². The lowest BCUT2D eigenvalue weighted by atomic mass is 9.85. The van der Waals surface area contributed by atoms with Gasteiger partial charge in [-0.15, -0.1) is 11.3 Å². The van der Waals surface area contributed by atoms with Gasteiger partial charge in [0.15, 0.2) is 0 Å². The number of carbonyl (C=O) groups excluding carboxylic acids is 2. The van der Waals surface area contributed by atoms with Gasteiger partial charge in [-0.1, -0.05) is 24.6 Å². The average molecular weight is 488 g/mol. The number of amides is 1. The third-order valence-electron chi connectivity index (χ3n) is 5.33. The van der Waals surface area contributed by atoms with Gasteiger partial charge in [0.25, 0.3) is 5.91 Å². The van der Waals surface area contributed by atoms with Crippen molar-refractivity contribution in [3.63, 3.8) is 0 Å². The minimum Gasteiger partial charge on any atom is -0.469 e. The molecule has 0 spiro atoms. The van der Waals surface area contributed by atoms with Gasteiger partial charge in [-0.05, 0) is 59.5 Å². The summed E-state index contributed by atoms with van der Waals surface area (Å²) < 4.78 is 7.60. The summed E-state index contributed by atoms with van der Waals surface area (Å²) in [6.07, 6.45) is 4.92. The molecule has 8 heteroatoms.